The van der Waals surface area contributed by atoms with Crippen molar-refractivity contribution in [1.29, 1.82) is 0 Å². The number of benzene rings is 1. The maximum Gasteiger partial charge on any atom is 0.229 e. The molecule has 0 aliphatic carbocycles. The number of rotatable bonds is 5. The Kier molecular flexibility index (Phi) is 5.43. The first-order valence-corrected chi connectivity index (χ1v) is 8.00. The van der Waals surface area contributed by atoms with Gasteiger partial charge in [0, 0.05) is 16.6 Å². The number of halogens is 1. The van der Waals surface area contributed by atoms with Crippen molar-refractivity contribution in [3.8, 4) is 5.75 Å². The molecule has 0 saturated carbocycles. The van der Waals surface area contributed by atoms with Crippen LogP contribution in [0.2, 0.25) is 0 Å². The topological polar surface area (TPSA) is 47.6 Å². The fourth-order valence-electron chi connectivity index (χ4n) is 2.30. The third-order valence-electron chi connectivity index (χ3n) is 3.34. The van der Waals surface area contributed by atoms with Crippen molar-refractivity contribution in [3.63, 3.8) is 0 Å². The van der Waals surface area contributed by atoms with E-state index in [4.69, 9.17) is 9.47 Å². The van der Waals surface area contributed by atoms with Gasteiger partial charge in [0.15, 0.2) is 0 Å². The van der Waals surface area contributed by atoms with E-state index in [2.05, 4.69) is 21.2 Å². The number of amides is 1. The Labute approximate surface area is 128 Å². The van der Waals surface area contributed by atoms with E-state index < -0.39 is 0 Å². The number of anilines is 1. The van der Waals surface area contributed by atoms with Gasteiger partial charge in [0.1, 0.15) is 5.75 Å². The highest BCUT2D eigenvalue weighted by atomic mass is 79.9. The zero-order valence-corrected chi connectivity index (χ0v) is 13.4. The van der Waals surface area contributed by atoms with Crippen molar-refractivity contribution in [1.82, 2.24) is 0 Å². The first-order chi connectivity index (χ1) is 9.63. The van der Waals surface area contributed by atoms with E-state index in [9.17, 15) is 4.79 Å². The maximum absolute atomic E-state index is 12.1. The van der Waals surface area contributed by atoms with E-state index in [1.54, 1.807) is 0 Å². The minimum Gasteiger partial charge on any atom is -0.494 e. The lowest BCUT2D eigenvalue weighted by atomic mass is 10.1. The van der Waals surface area contributed by atoms with Crippen LogP contribution in [0, 0.1) is 5.92 Å². The Hall–Kier alpha value is -1.07. The second-order valence-corrected chi connectivity index (χ2v) is 5.52. The van der Waals surface area contributed by atoms with E-state index in [1.165, 1.54) is 0 Å². The van der Waals surface area contributed by atoms with Crippen LogP contribution >= 0.6 is 15.9 Å². The molecule has 1 amide bonds. The Morgan fingerprint density at radius 2 is 2.35 bits per heavy atom. The second kappa shape index (κ2) is 7.09. The summed E-state index contributed by atoms with van der Waals surface area (Å²) in [6, 6.07) is 5.70. The molecule has 1 aromatic rings. The highest BCUT2D eigenvalue weighted by Crippen LogP contribution is 2.26. The fourth-order valence-corrected chi connectivity index (χ4v) is 2.74. The van der Waals surface area contributed by atoms with Crippen molar-refractivity contribution in [3.05, 3.63) is 23.8 Å². The van der Waals surface area contributed by atoms with Crippen LogP contribution in [-0.4, -0.2) is 25.2 Å². The summed E-state index contributed by atoms with van der Waals surface area (Å²) in [4.78, 5) is 12.1. The molecule has 1 aromatic carbocycles. The number of alkyl halides is 1. The normalized spacial score (nSPS) is 21.8. The Morgan fingerprint density at radius 3 is 2.95 bits per heavy atom. The Balaban J connectivity index is 2.04. The van der Waals surface area contributed by atoms with Crippen molar-refractivity contribution in [2.24, 2.45) is 5.92 Å². The Morgan fingerprint density at radius 1 is 1.55 bits per heavy atom. The van der Waals surface area contributed by atoms with E-state index in [0.717, 1.165) is 23.4 Å². The first kappa shape index (κ1) is 15.3. The number of carbonyl (C=O) groups is 1. The summed E-state index contributed by atoms with van der Waals surface area (Å²) in [6.45, 7) is 5.08. The molecule has 0 aromatic heterocycles. The highest BCUT2D eigenvalue weighted by Gasteiger charge is 2.28. The number of hydrogen-bond acceptors (Lipinski definition) is 3. The lowest BCUT2D eigenvalue weighted by molar-refractivity contribution is -0.119. The molecule has 1 saturated heterocycles. The second-order valence-electron chi connectivity index (χ2n) is 4.95. The minimum atomic E-state index is -0.0519. The monoisotopic (exact) mass is 341 g/mol. The van der Waals surface area contributed by atoms with Gasteiger partial charge in [-0.2, -0.15) is 0 Å². The van der Waals surface area contributed by atoms with Crippen LogP contribution in [0.5, 0.6) is 5.75 Å². The summed E-state index contributed by atoms with van der Waals surface area (Å²) in [5.74, 6) is 0.822. The van der Waals surface area contributed by atoms with Crippen molar-refractivity contribution >= 4 is 27.5 Å². The van der Waals surface area contributed by atoms with Crippen LogP contribution in [-0.2, 0) is 14.9 Å². The van der Waals surface area contributed by atoms with E-state index in [-0.39, 0.29) is 17.9 Å². The van der Waals surface area contributed by atoms with Crippen LogP contribution < -0.4 is 10.1 Å². The van der Waals surface area contributed by atoms with E-state index >= 15 is 0 Å². The van der Waals surface area contributed by atoms with Gasteiger partial charge in [-0.25, -0.2) is 0 Å². The molecule has 5 heteroatoms. The highest BCUT2D eigenvalue weighted by molar-refractivity contribution is 9.08. The van der Waals surface area contributed by atoms with Crippen molar-refractivity contribution in [2.75, 3.05) is 18.5 Å². The molecule has 1 fully saturated rings. The summed E-state index contributed by atoms with van der Waals surface area (Å²) in [5.41, 5.74) is 1.83. The Bertz CT molecular complexity index is 478. The minimum absolute atomic E-state index is 0.0269. The molecule has 1 aliphatic rings. The van der Waals surface area contributed by atoms with E-state index in [1.807, 2.05) is 32.0 Å². The largest absolute Gasteiger partial charge is 0.494 e. The maximum atomic E-state index is 12.1. The third kappa shape index (κ3) is 3.73. The van der Waals surface area contributed by atoms with Gasteiger partial charge in [0.05, 0.1) is 25.2 Å². The molecular formula is C15H20BrNO3. The molecule has 2 atom stereocenters. The molecule has 2 unspecified atom stereocenters. The summed E-state index contributed by atoms with van der Waals surface area (Å²) < 4.78 is 11.0. The van der Waals surface area contributed by atoms with Crippen molar-refractivity contribution < 1.29 is 14.3 Å². The molecule has 2 rings (SSSR count). The van der Waals surface area contributed by atoms with E-state index in [0.29, 0.717) is 18.5 Å². The third-order valence-corrected chi connectivity index (χ3v) is 3.95. The van der Waals surface area contributed by atoms with Crippen LogP contribution in [0.3, 0.4) is 0 Å². The van der Waals surface area contributed by atoms with Gasteiger partial charge in [-0.3, -0.25) is 4.79 Å². The molecule has 1 N–H and O–H groups in total. The summed E-state index contributed by atoms with van der Waals surface area (Å²) in [6.07, 6.45) is 0.956. The van der Waals surface area contributed by atoms with Gasteiger partial charge in [0.2, 0.25) is 5.91 Å². The lowest BCUT2D eigenvalue weighted by Gasteiger charge is -2.13. The van der Waals surface area contributed by atoms with Gasteiger partial charge < -0.3 is 14.8 Å². The zero-order chi connectivity index (χ0) is 14.5. The molecule has 1 aliphatic heterocycles. The van der Waals surface area contributed by atoms with Crippen LogP contribution in [0.1, 0.15) is 25.8 Å². The van der Waals surface area contributed by atoms with Crippen molar-refractivity contribution in [2.45, 2.75) is 31.7 Å². The molecular weight excluding hydrogens is 322 g/mol. The molecule has 110 valence electrons. The summed E-state index contributed by atoms with van der Waals surface area (Å²) in [7, 11) is 0. The number of carbonyl (C=O) groups excluding carboxylic acids is 1. The van der Waals surface area contributed by atoms with Crippen LogP contribution in [0.15, 0.2) is 18.2 Å². The SMILES string of the molecule is CCOc1ccc(NC(=O)C2COC(C)C2)cc1CBr. The average Bonchev–Trinajstić information content (AvgIpc) is 2.87. The predicted octanol–water partition coefficient (Wildman–Crippen LogP) is 3.34. The molecule has 0 radical (unpaired) electrons. The van der Waals surface area contributed by atoms with Gasteiger partial charge in [0.25, 0.3) is 0 Å². The number of nitrogens with one attached hydrogen (secondary N) is 1. The number of hydrogen-bond donors (Lipinski definition) is 1. The summed E-state index contributed by atoms with van der Waals surface area (Å²) in [5, 5.41) is 3.64. The predicted molar refractivity (Wildman–Crippen MR) is 82.4 cm³/mol. The average molecular weight is 342 g/mol. The molecule has 0 spiro atoms. The molecule has 4 nitrogen and oxygen atoms in total. The lowest BCUT2D eigenvalue weighted by Crippen LogP contribution is -2.23. The van der Waals surface area contributed by atoms with Gasteiger partial charge in [-0.1, -0.05) is 15.9 Å². The molecule has 1 heterocycles. The van der Waals surface area contributed by atoms with Gasteiger partial charge in [-0.05, 0) is 38.5 Å². The molecule has 20 heavy (non-hydrogen) atoms. The fraction of sp³-hybridized carbons (Fsp3) is 0.533. The smallest absolute Gasteiger partial charge is 0.229 e. The van der Waals surface area contributed by atoms with Crippen LogP contribution in [0.25, 0.3) is 0 Å². The summed E-state index contributed by atoms with van der Waals surface area (Å²) >= 11 is 3.44. The standard InChI is InChI=1S/C15H20BrNO3/c1-3-19-14-5-4-13(7-11(14)8-16)17-15(18)12-6-10(2)20-9-12/h4-5,7,10,12H,3,6,8-9H2,1-2H3,(H,17,18). The van der Waals surface area contributed by atoms with Gasteiger partial charge in [-0.15, -0.1) is 0 Å². The molecule has 0 bridgehead atoms. The van der Waals surface area contributed by atoms with Gasteiger partial charge >= 0.3 is 0 Å². The zero-order valence-electron chi connectivity index (χ0n) is 11.8. The van der Waals surface area contributed by atoms with Crippen LogP contribution in [0.4, 0.5) is 5.69 Å². The quantitative estimate of drug-likeness (QED) is 0.835. The first-order valence-electron chi connectivity index (χ1n) is 6.88. The number of ether oxygens (including phenoxy) is 2.